The highest BCUT2D eigenvalue weighted by molar-refractivity contribution is 5.65. The van der Waals surface area contributed by atoms with Crippen molar-refractivity contribution in [2.45, 2.75) is 33.2 Å². The number of anilines is 3. The monoisotopic (exact) mass is 332 g/mol. The van der Waals surface area contributed by atoms with Crippen LogP contribution in [-0.2, 0) is 19.4 Å². The Morgan fingerprint density at radius 1 is 0.840 bits per heavy atom. The van der Waals surface area contributed by atoms with Crippen LogP contribution >= 0.6 is 0 Å². The van der Waals surface area contributed by atoms with Crippen LogP contribution in [0.1, 0.15) is 30.5 Å². The van der Waals surface area contributed by atoms with Crippen molar-refractivity contribution in [2.75, 3.05) is 10.6 Å². The van der Waals surface area contributed by atoms with Crippen LogP contribution in [0.3, 0.4) is 0 Å². The molecule has 3 rings (SSSR count). The summed E-state index contributed by atoms with van der Waals surface area (Å²) in [7, 11) is 0. The van der Waals surface area contributed by atoms with Crippen molar-refractivity contribution in [3.05, 3.63) is 77.5 Å². The Morgan fingerprint density at radius 2 is 1.56 bits per heavy atom. The Balaban J connectivity index is 1.76. The molecule has 3 aromatic rings. The van der Waals surface area contributed by atoms with Gasteiger partial charge < -0.3 is 10.6 Å². The maximum atomic E-state index is 4.60. The summed E-state index contributed by atoms with van der Waals surface area (Å²) in [4.78, 5) is 8.92. The molecule has 2 N–H and O–H groups in total. The van der Waals surface area contributed by atoms with Gasteiger partial charge in [0.05, 0.1) is 0 Å². The van der Waals surface area contributed by atoms with E-state index >= 15 is 0 Å². The van der Waals surface area contributed by atoms with Gasteiger partial charge in [-0.1, -0.05) is 62.4 Å². The first-order valence-electron chi connectivity index (χ1n) is 8.78. The molecule has 4 nitrogen and oxygen atoms in total. The number of aromatic nitrogens is 2. The second kappa shape index (κ2) is 8.29. The normalized spacial score (nSPS) is 10.5. The molecule has 4 heteroatoms. The quantitative estimate of drug-likeness (QED) is 0.642. The van der Waals surface area contributed by atoms with Gasteiger partial charge in [-0.25, -0.2) is 4.98 Å². The second-order valence-electron chi connectivity index (χ2n) is 5.89. The summed E-state index contributed by atoms with van der Waals surface area (Å²) in [5.74, 6) is 1.43. The first-order valence-corrected chi connectivity index (χ1v) is 8.78. The molecule has 0 unspecified atom stereocenters. The fraction of sp³-hybridized carbons (Fsp3) is 0.238. The van der Waals surface area contributed by atoms with Gasteiger partial charge in [0, 0.05) is 18.4 Å². The van der Waals surface area contributed by atoms with Crippen molar-refractivity contribution in [1.82, 2.24) is 9.97 Å². The third kappa shape index (κ3) is 4.35. The Kier molecular flexibility index (Phi) is 5.62. The molecule has 0 spiro atoms. The molecular weight excluding hydrogens is 308 g/mol. The summed E-state index contributed by atoms with van der Waals surface area (Å²) in [5.41, 5.74) is 4.97. The molecule has 0 fully saturated rings. The first kappa shape index (κ1) is 17.0. The number of nitrogens with one attached hydrogen (secondary N) is 2. The minimum Gasteiger partial charge on any atom is -0.350 e. The number of benzene rings is 2. The summed E-state index contributed by atoms with van der Waals surface area (Å²) in [6, 6.07) is 18.6. The molecule has 0 bridgehead atoms. The Hall–Kier alpha value is -2.88. The van der Waals surface area contributed by atoms with Gasteiger partial charge in [-0.15, -0.1) is 0 Å². The van der Waals surface area contributed by atoms with E-state index in [9.17, 15) is 0 Å². The summed E-state index contributed by atoms with van der Waals surface area (Å²) < 4.78 is 0. The second-order valence-corrected chi connectivity index (χ2v) is 5.89. The number of hydrogen-bond donors (Lipinski definition) is 2. The Bertz CT molecular complexity index is 793. The SMILES string of the molecule is CCc1cccc(CC)c1Nc1ccnc(NCc2ccccc2)n1. The first-order chi connectivity index (χ1) is 12.3. The summed E-state index contributed by atoms with van der Waals surface area (Å²) in [5, 5.41) is 6.77. The molecule has 0 aliphatic carbocycles. The summed E-state index contributed by atoms with van der Waals surface area (Å²) in [6.45, 7) is 5.05. The number of aryl methyl sites for hydroxylation is 2. The highest BCUT2D eigenvalue weighted by Crippen LogP contribution is 2.26. The van der Waals surface area contributed by atoms with Gasteiger partial charge in [0.2, 0.25) is 5.95 Å². The van der Waals surface area contributed by atoms with E-state index in [2.05, 4.69) is 64.8 Å². The predicted octanol–water partition coefficient (Wildman–Crippen LogP) is 4.96. The van der Waals surface area contributed by atoms with Gasteiger partial charge in [-0.3, -0.25) is 0 Å². The molecule has 0 radical (unpaired) electrons. The molecule has 2 aromatic carbocycles. The van der Waals surface area contributed by atoms with Gasteiger partial charge >= 0.3 is 0 Å². The molecule has 0 saturated heterocycles. The van der Waals surface area contributed by atoms with Crippen molar-refractivity contribution in [1.29, 1.82) is 0 Å². The minimum absolute atomic E-state index is 0.626. The molecule has 0 atom stereocenters. The Morgan fingerprint density at radius 3 is 2.24 bits per heavy atom. The zero-order chi connectivity index (χ0) is 17.5. The number of nitrogens with zero attached hydrogens (tertiary/aromatic N) is 2. The summed E-state index contributed by atoms with van der Waals surface area (Å²) >= 11 is 0. The van der Waals surface area contributed by atoms with Crippen molar-refractivity contribution >= 4 is 17.5 Å². The minimum atomic E-state index is 0.626. The van der Waals surface area contributed by atoms with E-state index in [4.69, 9.17) is 0 Å². The third-order valence-electron chi connectivity index (χ3n) is 4.20. The van der Waals surface area contributed by atoms with Gasteiger partial charge in [-0.2, -0.15) is 4.98 Å². The molecule has 1 heterocycles. The van der Waals surface area contributed by atoms with Crippen LogP contribution in [0.2, 0.25) is 0 Å². The Labute approximate surface area is 149 Å². The van der Waals surface area contributed by atoms with E-state index in [0.717, 1.165) is 18.7 Å². The van der Waals surface area contributed by atoms with Crippen molar-refractivity contribution in [3.8, 4) is 0 Å². The average molecular weight is 332 g/mol. The maximum Gasteiger partial charge on any atom is 0.224 e. The van der Waals surface area contributed by atoms with Crippen molar-refractivity contribution < 1.29 is 0 Å². The van der Waals surface area contributed by atoms with Gasteiger partial charge in [0.15, 0.2) is 0 Å². The van der Waals surface area contributed by atoms with E-state index in [1.54, 1.807) is 6.20 Å². The molecule has 0 aliphatic rings. The molecule has 25 heavy (non-hydrogen) atoms. The van der Waals surface area contributed by atoms with Gasteiger partial charge in [-0.05, 0) is 35.6 Å². The fourth-order valence-electron chi connectivity index (χ4n) is 2.82. The lowest BCUT2D eigenvalue weighted by atomic mass is 10.0. The molecular formula is C21H24N4. The number of para-hydroxylation sites is 1. The fourth-order valence-corrected chi connectivity index (χ4v) is 2.82. The standard InChI is InChI=1S/C21H24N4/c1-3-17-11-8-12-18(4-2)20(17)24-19-13-14-22-21(25-19)23-15-16-9-6-5-7-10-16/h5-14H,3-4,15H2,1-2H3,(H2,22,23,24,25). The number of rotatable bonds is 7. The van der Waals surface area contributed by atoms with E-state index in [1.165, 1.54) is 22.4 Å². The summed E-state index contributed by atoms with van der Waals surface area (Å²) in [6.07, 6.45) is 3.75. The lowest BCUT2D eigenvalue weighted by molar-refractivity contribution is 1.05. The molecule has 1 aromatic heterocycles. The van der Waals surface area contributed by atoms with E-state index < -0.39 is 0 Å². The van der Waals surface area contributed by atoms with E-state index in [1.807, 2.05) is 24.3 Å². The zero-order valence-corrected chi connectivity index (χ0v) is 14.8. The lowest BCUT2D eigenvalue weighted by Crippen LogP contribution is -2.06. The van der Waals surface area contributed by atoms with Crippen LogP contribution in [0.15, 0.2) is 60.8 Å². The zero-order valence-electron chi connectivity index (χ0n) is 14.8. The topological polar surface area (TPSA) is 49.8 Å². The van der Waals surface area contributed by atoms with Crippen molar-refractivity contribution in [2.24, 2.45) is 0 Å². The molecule has 0 aliphatic heterocycles. The van der Waals surface area contributed by atoms with Crippen LogP contribution in [0.4, 0.5) is 17.5 Å². The van der Waals surface area contributed by atoms with Crippen LogP contribution in [0.25, 0.3) is 0 Å². The van der Waals surface area contributed by atoms with Crippen LogP contribution in [0.5, 0.6) is 0 Å². The van der Waals surface area contributed by atoms with Crippen LogP contribution in [0, 0.1) is 0 Å². The molecule has 0 saturated carbocycles. The lowest BCUT2D eigenvalue weighted by Gasteiger charge is -2.15. The number of hydrogen-bond acceptors (Lipinski definition) is 4. The van der Waals surface area contributed by atoms with E-state index in [0.29, 0.717) is 12.5 Å². The smallest absolute Gasteiger partial charge is 0.224 e. The molecule has 128 valence electrons. The van der Waals surface area contributed by atoms with Crippen LogP contribution < -0.4 is 10.6 Å². The molecule has 0 amide bonds. The average Bonchev–Trinajstić information content (AvgIpc) is 2.67. The van der Waals surface area contributed by atoms with Gasteiger partial charge in [0.1, 0.15) is 5.82 Å². The van der Waals surface area contributed by atoms with Crippen molar-refractivity contribution in [3.63, 3.8) is 0 Å². The highest BCUT2D eigenvalue weighted by atomic mass is 15.1. The third-order valence-corrected chi connectivity index (χ3v) is 4.20. The predicted molar refractivity (Wildman–Crippen MR) is 104 cm³/mol. The highest BCUT2D eigenvalue weighted by Gasteiger charge is 2.08. The maximum absolute atomic E-state index is 4.60. The largest absolute Gasteiger partial charge is 0.350 e. The van der Waals surface area contributed by atoms with Crippen LogP contribution in [-0.4, -0.2) is 9.97 Å². The van der Waals surface area contributed by atoms with Gasteiger partial charge in [0.25, 0.3) is 0 Å². The van der Waals surface area contributed by atoms with E-state index in [-0.39, 0.29) is 0 Å².